The molecule has 2 rings (SSSR count). The van der Waals surface area contributed by atoms with Crippen molar-refractivity contribution in [1.82, 2.24) is 5.32 Å². The zero-order valence-corrected chi connectivity index (χ0v) is 15.1. The Morgan fingerprint density at radius 2 is 1.67 bits per heavy atom. The highest BCUT2D eigenvalue weighted by atomic mass is 35.5. The Bertz CT molecular complexity index is 803. The molecule has 0 heterocycles. The quantitative estimate of drug-likeness (QED) is 0.852. The lowest BCUT2D eigenvalue weighted by molar-refractivity contribution is 0.0953. The van der Waals surface area contributed by atoms with E-state index in [-0.39, 0.29) is 10.8 Å². The maximum atomic E-state index is 12.6. The van der Waals surface area contributed by atoms with Gasteiger partial charge in [0.2, 0.25) is 0 Å². The van der Waals surface area contributed by atoms with Gasteiger partial charge in [0.15, 0.2) is 0 Å². The summed E-state index contributed by atoms with van der Waals surface area (Å²) in [6.07, 6.45) is 0.853. The van der Waals surface area contributed by atoms with Crippen LogP contribution in [0.4, 0.5) is 5.69 Å². The summed E-state index contributed by atoms with van der Waals surface area (Å²) in [6, 6.07) is 12.4. The second-order valence-electron chi connectivity index (χ2n) is 5.23. The number of anilines is 1. The lowest BCUT2D eigenvalue weighted by Gasteiger charge is -2.19. The van der Waals surface area contributed by atoms with Gasteiger partial charge in [-0.3, -0.25) is 9.10 Å². The summed E-state index contributed by atoms with van der Waals surface area (Å²) in [6.45, 7) is 2.57. The molecular formula is C17H19ClN2O3S. The van der Waals surface area contributed by atoms with Crippen molar-refractivity contribution in [3.63, 3.8) is 0 Å². The molecule has 128 valence electrons. The van der Waals surface area contributed by atoms with Crippen molar-refractivity contribution in [2.75, 3.05) is 17.9 Å². The maximum Gasteiger partial charge on any atom is 0.264 e. The van der Waals surface area contributed by atoms with Gasteiger partial charge < -0.3 is 5.32 Å². The molecule has 0 unspecified atom stereocenters. The number of hydrogen-bond acceptors (Lipinski definition) is 3. The fourth-order valence-corrected chi connectivity index (χ4v) is 3.39. The van der Waals surface area contributed by atoms with E-state index in [9.17, 15) is 13.2 Å². The average molecular weight is 367 g/mol. The molecule has 0 aliphatic heterocycles. The number of nitrogens with zero attached hydrogens (tertiary/aromatic N) is 1. The van der Waals surface area contributed by atoms with E-state index in [4.69, 9.17) is 11.6 Å². The first-order chi connectivity index (χ1) is 11.4. The number of hydrogen-bond donors (Lipinski definition) is 1. The molecule has 0 spiro atoms. The third-order valence-electron chi connectivity index (χ3n) is 3.50. The molecule has 0 fully saturated rings. The largest absolute Gasteiger partial charge is 0.352 e. The van der Waals surface area contributed by atoms with E-state index < -0.39 is 10.0 Å². The van der Waals surface area contributed by atoms with Crippen molar-refractivity contribution in [1.29, 1.82) is 0 Å². The number of carbonyl (C=O) groups is 1. The van der Waals surface area contributed by atoms with Crippen LogP contribution < -0.4 is 9.62 Å². The first-order valence-electron chi connectivity index (χ1n) is 7.49. The van der Waals surface area contributed by atoms with Gasteiger partial charge in [0.25, 0.3) is 15.9 Å². The molecule has 0 atom stereocenters. The molecule has 24 heavy (non-hydrogen) atoms. The standard InChI is InChI=1S/C17H19ClN2O3S/c1-3-12-19-17(21)13-4-8-15(9-5-13)20(2)24(22,23)16-10-6-14(18)7-11-16/h4-11H,3,12H2,1-2H3,(H,19,21). The highest BCUT2D eigenvalue weighted by Crippen LogP contribution is 2.23. The zero-order valence-electron chi connectivity index (χ0n) is 13.5. The lowest BCUT2D eigenvalue weighted by Crippen LogP contribution is -2.27. The minimum atomic E-state index is -3.68. The zero-order chi connectivity index (χ0) is 17.7. The Kier molecular flexibility index (Phi) is 5.85. The summed E-state index contributed by atoms with van der Waals surface area (Å²) in [5.74, 6) is -0.174. The summed E-state index contributed by atoms with van der Waals surface area (Å²) < 4.78 is 26.4. The van der Waals surface area contributed by atoms with E-state index >= 15 is 0 Å². The van der Waals surface area contributed by atoms with Gasteiger partial charge in [-0.25, -0.2) is 8.42 Å². The van der Waals surface area contributed by atoms with Gasteiger partial charge in [0.1, 0.15) is 0 Å². The van der Waals surface area contributed by atoms with E-state index in [1.54, 1.807) is 24.3 Å². The van der Waals surface area contributed by atoms with Crippen molar-refractivity contribution in [3.8, 4) is 0 Å². The van der Waals surface area contributed by atoms with Gasteiger partial charge in [0, 0.05) is 24.2 Å². The number of sulfonamides is 1. The molecule has 0 saturated carbocycles. The van der Waals surface area contributed by atoms with Crippen LogP contribution in [0.2, 0.25) is 5.02 Å². The van der Waals surface area contributed by atoms with Crippen LogP contribution in [-0.4, -0.2) is 27.9 Å². The first-order valence-corrected chi connectivity index (χ1v) is 9.31. The Morgan fingerprint density at radius 3 is 2.21 bits per heavy atom. The third-order valence-corrected chi connectivity index (χ3v) is 5.55. The molecular weight excluding hydrogens is 348 g/mol. The fourth-order valence-electron chi connectivity index (χ4n) is 2.07. The number of amides is 1. The summed E-state index contributed by atoms with van der Waals surface area (Å²) >= 11 is 5.80. The van der Waals surface area contributed by atoms with Crippen LogP contribution in [0.5, 0.6) is 0 Å². The van der Waals surface area contributed by atoms with Crippen LogP contribution in [0, 0.1) is 0 Å². The molecule has 0 aromatic heterocycles. The highest BCUT2D eigenvalue weighted by Gasteiger charge is 2.21. The van der Waals surface area contributed by atoms with Crippen molar-refractivity contribution in [3.05, 3.63) is 59.1 Å². The number of rotatable bonds is 6. The number of carbonyl (C=O) groups excluding carboxylic acids is 1. The Balaban J connectivity index is 2.21. The molecule has 0 bridgehead atoms. The van der Waals surface area contributed by atoms with Crippen LogP contribution in [-0.2, 0) is 10.0 Å². The van der Waals surface area contributed by atoms with E-state index in [1.807, 2.05) is 6.92 Å². The molecule has 0 aliphatic carbocycles. The average Bonchev–Trinajstić information content (AvgIpc) is 2.59. The molecule has 0 aliphatic rings. The molecule has 5 nitrogen and oxygen atoms in total. The van der Waals surface area contributed by atoms with Crippen molar-refractivity contribution in [2.24, 2.45) is 0 Å². The predicted molar refractivity (Wildman–Crippen MR) is 96.1 cm³/mol. The fraction of sp³-hybridized carbons (Fsp3) is 0.235. The van der Waals surface area contributed by atoms with Gasteiger partial charge >= 0.3 is 0 Å². The molecule has 1 amide bonds. The van der Waals surface area contributed by atoms with Crippen LogP contribution in [0.15, 0.2) is 53.4 Å². The SMILES string of the molecule is CCCNC(=O)c1ccc(N(C)S(=O)(=O)c2ccc(Cl)cc2)cc1. The Morgan fingerprint density at radius 1 is 1.08 bits per heavy atom. The third kappa shape index (κ3) is 4.07. The topological polar surface area (TPSA) is 66.5 Å². The van der Waals surface area contributed by atoms with Crippen LogP contribution in [0.3, 0.4) is 0 Å². The number of benzene rings is 2. The van der Waals surface area contributed by atoms with Crippen LogP contribution in [0.25, 0.3) is 0 Å². The van der Waals surface area contributed by atoms with E-state index in [1.165, 1.54) is 35.6 Å². The van der Waals surface area contributed by atoms with Gasteiger partial charge in [-0.1, -0.05) is 18.5 Å². The summed E-state index contributed by atoms with van der Waals surface area (Å²) in [5, 5.41) is 3.25. The van der Waals surface area contributed by atoms with E-state index in [2.05, 4.69) is 5.32 Å². The molecule has 0 radical (unpaired) electrons. The number of nitrogens with one attached hydrogen (secondary N) is 1. The minimum Gasteiger partial charge on any atom is -0.352 e. The predicted octanol–water partition coefficient (Wildman–Crippen LogP) is 3.30. The molecule has 0 saturated heterocycles. The van der Waals surface area contributed by atoms with Crippen molar-refractivity contribution < 1.29 is 13.2 Å². The van der Waals surface area contributed by atoms with Crippen LogP contribution >= 0.6 is 11.6 Å². The summed E-state index contributed by atoms with van der Waals surface area (Å²) in [7, 11) is -2.21. The normalized spacial score (nSPS) is 11.1. The highest BCUT2D eigenvalue weighted by molar-refractivity contribution is 7.92. The summed E-state index contributed by atoms with van der Waals surface area (Å²) in [4.78, 5) is 12.0. The Labute approximate surface area is 147 Å². The maximum absolute atomic E-state index is 12.6. The van der Waals surface area contributed by atoms with Gasteiger partial charge in [-0.05, 0) is 55.0 Å². The van der Waals surface area contributed by atoms with Gasteiger partial charge in [-0.2, -0.15) is 0 Å². The van der Waals surface area contributed by atoms with Crippen LogP contribution in [0.1, 0.15) is 23.7 Å². The monoisotopic (exact) mass is 366 g/mol. The number of halogens is 1. The van der Waals surface area contributed by atoms with Crippen molar-refractivity contribution in [2.45, 2.75) is 18.2 Å². The van der Waals surface area contributed by atoms with Gasteiger partial charge in [0.05, 0.1) is 10.6 Å². The molecule has 1 N–H and O–H groups in total. The summed E-state index contributed by atoms with van der Waals surface area (Å²) in [5.41, 5.74) is 0.960. The molecule has 2 aromatic carbocycles. The smallest absolute Gasteiger partial charge is 0.264 e. The molecule has 7 heteroatoms. The van der Waals surface area contributed by atoms with E-state index in [0.29, 0.717) is 22.8 Å². The van der Waals surface area contributed by atoms with Gasteiger partial charge in [-0.15, -0.1) is 0 Å². The second-order valence-corrected chi connectivity index (χ2v) is 7.63. The minimum absolute atomic E-state index is 0.152. The second kappa shape index (κ2) is 7.68. The first kappa shape index (κ1) is 18.3. The van der Waals surface area contributed by atoms with Crippen molar-refractivity contribution >= 4 is 33.2 Å². The molecule has 2 aromatic rings. The van der Waals surface area contributed by atoms with E-state index in [0.717, 1.165) is 6.42 Å². The Hall–Kier alpha value is -2.05. The lowest BCUT2D eigenvalue weighted by atomic mass is 10.2.